The molecular formula is C17H15F3N2O3S. The molecule has 0 N–H and O–H groups in total. The van der Waals surface area contributed by atoms with E-state index in [1.54, 1.807) is 18.2 Å². The van der Waals surface area contributed by atoms with E-state index in [1.807, 2.05) is 6.07 Å². The van der Waals surface area contributed by atoms with E-state index >= 15 is 0 Å². The molecule has 0 atom stereocenters. The van der Waals surface area contributed by atoms with Gasteiger partial charge in [0.25, 0.3) is 0 Å². The van der Waals surface area contributed by atoms with E-state index in [0.29, 0.717) is 11.1 Å². The fraction of sp³-hybridized carbons (Fsp3) is 0.235. The highest BCUT2D eigenvalue weighted by Crippen LogP contribution is 2.23. The Morgan fingerprint density at radius 1 is 1.12 bits per heavy atom. The molecule has 0 spiro atoms. The van der Waals surface area contributed by atoms with Gasteiger partial charge < -0.3 is 4.74 Å². The molecule has 0 saturated heterocycles. The molecule has 0 fully saturated rings. The standard InChI is InChI=1S/C17H15F3N2O3S/c1-22(11-13-6-8-16(9-7-13)25-17(18,19)20)26(23,24)12-15-5-3-2-4-14(15)10-21/h2-9H,11-12H2,1H3. The van der Waals surface area contributed by atoms with E-state index < -0.39 is 16.4 Å². The minimum atomic E-state index is -4.78. The van der Waals surface area contributed by atoms with Crippen LogP contribution >= 0.6 is 0 Å². The number of rotatable bonds is 6. The summed E-state index contributed by atoms with van der Waals surface area (Å²) >= 11 is 0. The Labute approximate surface area is 149 Å². The van der Waals surface area contributed by atoms with E-state index in [9.17, 15) is 21.6 Å². The highest BCUT2D eigenvalue weighted by atomic mass is 32.2. The second kappa shape index (κ2) is 7.76. The first-order valence-corrected chi connectivity index (χ1v) is 8.98. The Hall–Kier alpha value is -2.57. The summed E-state index contributed by atoms with van der Waals surface area (Å²) in [5.41, 5.74) is 1.16. The van der Waals surface area contributed by atoms with Crippen molar-refractivity contribution in [1.29, 1.82) is 5.26 Å². The molecule has 0 unspecified atom stereocenters. The van der Waals surface area contributed by atoms with Crippen molar-refractivity contribution in [3.05, 3.63) is 65.2 Å². The maximum Gasteiger partial charge on any atom is 0.573 e. The molecule has 138 valence electrons. The fourth-order valence-electron chi connectivity index (χ4n) is 2.21. The lowest BCUT2D eigenvalue weighted by Crippen LogP contribution is -2.28. The minimum absolute atomic E-state index is 0.0245. The SMILES string of the molecule is CN(Cc1ccc(OC(F)(F)F)cc1)S(=O)(=O)Cc1ccccc1C#N. The van der Waals surface area contributed by atoms with Gasteiger partial charge in [-0.25, -0.2) is 12.7 Å². The number of ether oxygens (including phenoxy) is 1. The van der Waals surface area contributed by atoms with Gasteiger partial charge >= 0.3 is 6.36 Å². The number of halogens is 3. The minimum Gasteiger partial charge on any atom is -0.406 e. The molecule has 0 aliphatic rings. The molecule has 0 saturated carbocycles. The van der Waals surface area contributed by atoms with E-state index in [2.05, 4.69) is 4.74 Å². The van der Waals surface area contributed by atoms with E-state index in [0.717, 1.165) is 16.4 Å². The van der Waals surface area contributed by atoms with Gasteiger partial charge in [0, 0.05) is 13.6 Å². The molecule has 2 aromatic rings. The molecule has 26 heavy (non-hydrogen) atoms. The number of nitriles is 1. The van der Waals surface area contributed by atoms with Gasteiger partial charge in [0.2, 0.25) is 10.0 Å². The largest absolute Gasteiger partial charge is 0.573 e. The van der Waals surface area contributed by atoms with Gasteiger partial charge in [0.1, 0.15) is 5.75 Å². The van der Waals surface area contributed by atoms with Crippen LogP contribution < -0.4 is 4.74 Å². The van der Waals surface area contributed by atoms with Gasteiger partial charge in [-0.15, -0.1) is 13.2 Å². The van der Waals surface area contributed by atoms with Gasteiger partial charge in [0.15, 0.2) is 0 Å². The van der Waals surface area contributed by atoms with E-state index in [-0.39, 0.29) is 23.6 Å². The Bertz CT molecular complexity index is 904. The Balaban J connectivity index is 2.08. The molecule has 2 rings (SSSR count). The number of nitrogens with zero attached hydrogens (tertiary/aromatic N) is 2. The van der Waals surface area contributed by atoms with Gasteiger partial charge in [-0.3, -0.25) is 0 Å². The number of sulfonamides is 1. The van der Waals surface area contributed by atoms with Crippen molar-refractivity contribution < 1.29 is 26.3 Å². The molecule has 0 amide bonds. The number of alkyl halides is 3. The van der Waals surface area contributed by atoms with Crippen LogP contribution in [0, 0.1) is 11.3 Å². The van der Waals surface area contributed by atoms with E-state index in [1.165, 1.54) is 25.2 Å². The van der Waals surface area contributed by atoms with Gasteiger partial charge in [-0.05, 0) is 29.3 Å². The predicted molar refractivity (Wildman–Crippen MR) is 88.4 cm³/mol. The summed E-state index contributed by atoms with van der Waals surface area (Å²) < 4.78 is 66.2. The van der Waals surface area contributed by atoms with Crippen LogP contribution in [0.2, 0.25) is 0 Å². The highest BCUT2D eigenvalue weighted by molar-refractivity contribution is 7.88. The molecule has 0 aliphatic heterocycles. The smallest absolute Gasteiger partial charge is 0.406 e. The second-order valence-electron chi connectivity index (χ2n) is 5.47. The zero-order valence-electron chi connectivity index (χ0n) is 13.7. The van der Waals surface area contributed by atoms with Gasteiger partial charge in [-0.2, -0.15) is 5.26 Å². The van der Waals surface area contributed by atoms with Crippen LogP contribution in [-0.2, 0) is 22.3 Å². The highest BCUT2D eigenvalue weighted by Gasteiger charge is 2.31. The third-order valence-corrected chi connectivity index (χ3v) is 5.27. The summed E-state index contributed by atoms with van der Waals surface area (Å²) in [7, 11) is -2.35. The summed E-state index contributed by atoms with van der Waals surface area (Å²) in [6.07, 6.45) is -4.78. The summed E-state index contributed by atoms with van der Waals surface area (Å²) in [4.78, 5) is 0. The van der Waals surface area contributed by atoms with Crippen molar-refractivity contribution in [2.24, 2.45) is 0 Å². The van der Waals surface area contributed by atoms with Crippen LogP contribution in [-0.4, -0.2) is 26.1 Å². The molecule has 9 heteroatoms. The molecule has 0 bridgehead atoms. The third-order valence-electron chi connectivity index (χ3n) is 3.51. The quantitative estimate of drug-likeness (QED) is 0.765. The predicted octanol–water partition coefficient (Wildman–Crippen LogP) is 3.42. The normalized spacial score (nSPS) is 12.0. The lowest BCUT2D eigenvalue weighted by Gasteiger charge is -2.18. The summed E-state index contributed by atoms with van der Waals surface area (Å²) in [6, 6.07) is 13.3. The zero-order chi connectivity index (χ0) is 19.4. The maximum absolute atomic E-state index is 12.5. The lowest BCUT2D eigenvalue weighted by atomic mass is 10.1. The van der Waals surface area contributed by atoms with Crippen LogP contribution in [0.5, 0.6) is 5.75 Å². The van der Waals surface area contributed by atoms with E-state index in [4.69, 9.17) is 5.26 Å². The topological polar surface area (TPSA) is 70.4 Å². The third kappa shape index (κ3) is 5.47. The Morgan fingerprint density at radius 2 is 1.73 bits per heavy atom. The fourth-order valence-corrected chi connectivity index (χ4v) is 3.42. The monoisotopic (exact) mass is 384 g/mol. The Morgan fingerprint density at radius 3 is 2.31 bits per heavy atom. The van der Waals surface area contributed by atoms with Crippen molar-refractivity contribution in [3.8, 4) is 11.8 Å². The molecule has 5 nitrogen and oxygen atoms in total. The molecule has 0 aliphatic carbocycles. The summed E-state index contributed by atoms with van der Waals surface area (Å²) in [6.45, 7) is -0.0245. The van der Waals surface area contributed by atoms with Crippen LogP contribution in [0.4, 0.5) is 13.2 Å². The number of benzene rings is 2. The molecule has 0 aromatic heterocycles. The molecule has 2 aromatic carbocycles. The molecule has 0 heterocycles. The average Bonchev–Trinajstić information content (AvgIpc) is 2.55. The molecule has 0 radical (unpaired) electrons. The van der Waals surface area contributed by atoms with Crippen LogP contribution in [0.3, 0.4) is 0 Å². The van der Waals surface area contributed by atoms with Crippen LogP contribution in [0.25, 0.3) is 0 Å². The van der Waals surface area contributed by atoms with Crippen molar-refractivity contribution in [2.45, 2.75) is 18.7 Å². The molecular weight excluding hydrogens is 369 g/mol. The first kappa shape index (κ1) is 19.8. The van der Waals surface area contributed by atoms with Gasteiger partial charge in [0.05, 0.1) is 17.4 Å². The van der Waals surface area contributed by atoms with Crippen molar-refractivity contribution in [3.63, 3.8) is 0 Å². The van der Waals surface area contributed by atoms with Crippen molar-refractivity contribution >= 4 is 10.0 Å². The second-order valence-corrected chi connectivity index (χ2v) is 7.55. The average molecular weight is 384 g/mol. The first-order valence-electron chi connectivity index (χ1n) is 7.37. The summed E-state index contributed by atoms with van der Waals surface area (Å²) in [5, 5.41) is 9.05. The van der Waals surface area contributed by atoms with Crippen molar-refractivity contribution in [1.82, 2.24) is 4.31 Å². The maximum atomic E-state index is 12.5. The van der Waals surface area contributed by atoms with Crippen LogP contribution in [0.1, 0.15) is 16.7 Å². The number of hydrogen-bond acceptors (Lipinski definition) is 4. The van der Waals surface area contributed by atoms with Crippen molar-refractivity contribution in [2.75, 3.05) is 7.05 Å². The Kier molecular flexibility index (Phi) is 5.90. The summed E-state index contributed by atoms with van der Waals surface area (Å²) in [5.74, 6) is -0.725. The zero-order valence-corrected chi connectivity index (χ0v) is 14.5. The van der Waals surface area contributed by atoms with Crippen LogP contribution in [0.15, 0.2) is 48.5 Å². The van der Waals surface area contributed by atoms with Gasteiger partial charge in [-0.1, -0.05) is 30.3 Å². The number of hydrogen-bond donors (Lipinski definition) is 0. The lowest BCUT2D eigenvalue weighted by molar-refractivity contribution is -0.274. The first-order chi connectivity index (χ1) is 12.1.